The predicted molar refractivity (Wildman–Crippen MR) is 43.4 cm³/mol. The molecule has 7 heteroatoms. The molecule has 1 heterocycles. The number of amides is 1. The third-order valence-electron chi connectivity index (χ3n) is 1.21. The fraction of sp³-hybridized carbons (Fsp3) is 0.400. The molecule has 0 saturated carbocycles. The molecule has 0 aromatic rings. The first kappa shape index (κ1) is 8.85. The molecular formula is C5H7N3O3S. The second-order valence-electron chi connectivity index (χ2n) is 2.21. The summed E-state index contributed by atoms with van der Waals surface area (Å²) in [6, 6.07) is 0. The van der Waals surface area contributed by atoms with Crippen molar-refractivity contribution in [1.29, 1.82) is 0 Å². The van der Waals surface area contributed by atoms with Gasteiger partial charge in [-0.05, 0) is 11.8 Å². The van der Waals surface area contributed by atoms with E-state index in [4.69, 9.17) is 5.73 Å². The first-order valence-corrected chi connectivity index (χ1v) is 4.09. The third kappa shape index (κ3) is 2.12. The predicted octanol–water partition coefficient (Wildman–Crippen LogP) is -0.446. The van der Waals surface area contributed by atoms with Crippen LogP contribution in [0.2, 0.25) is 0 Å². The second kappa shape index (κ2) is 3.44. The molecule has 12 heavy (non-hydrogen) atoms. The lowest BCUT2D eigenvalue weighted by molar-refractivity contribution is -0.410. The Morgan fingerprint density at radius 3 is 3.00 bits per heavy atom. The minimum absolute atomic E-state index is 0.0321. The molecule has 66 valence electrons. The van der Waals surface area contributed by atoms with Crippen LogP contribution in [0.25, 0.3) is 0 Å². The van der Waals surface area contributed by atoms with Crippen LogP contribution in [-0.2, 0) is 4.79 Å². The zero-order valence-corrected chi connectivity index (χ0v) is 6.91. The Morgan fingerprint density at radius 2 is 2.58 bits per heavy atom. The molecule has 0 bridgehead atoms. The van der Waals surface area contributed by atoms with Gasteiger partial charge in [0.15, 0.2) is 0 Å². The van der Waals surface area contributed by atoms with Gasteiger partial charge in [0.2, 0.25) is 5.91 Å². The van der Waals surface area contributed by atoms with Crippen LogP contribution >= 0.6 is 11.8 Å². The fourth-order valence-corrected chi connectivity index (χ4v) is 1.56. The Bertz CT molecular complexity index is 252. The molecule has 0 spiro atoms. The Kier molecular flexibility index (Phi) is 2.54. The average Bonchev–Trinajstić information content (AvgIpc) is 2.34. The molecule has 1 aliphatic heterocycles. The van der Waals surface area contributed by atoms with Crippen molar-refractivity contribution in [3.63, 3.8) is 0 Å². The lowest BCUT2D eigenvalue weighted by atomic mass is 10.5. The number of carbonyl (C=O) groups is 1. The van der Waals surface area contributed by atoms with Gasteiger partial charge in [-0.1, -0.05) is 0 Å². The standard InChI is InChI=1S/C5H7N3O3S/c6-4(9)1-7-2-5(8(10)11)12-3-7/h2H,1,3H2,(H2,6,9). The molecule has 1 rings (SSSR count). The second-order valence-corrected chi connectivity index (χ2v) is 3.18. The van der Waals surface area contributed by atoms with Gasteiger partial charge in [0.1, 0.15) is 0 Å². The Labute approximate surface area is 72.5 Å². The highest BCUT2D eigenvalue weighted by molar-refractivity contribution is 8.02. The van der Waals surface area contributed by atoms with Gasteiger partial charge >= 0.3 is 5.03 Å². The molecule has 0 fully saturated rings. The van der Waals surface area contributed by atoms with E-state index in [1.54, 1.807) is 0 Å². The maximum Gasteiger partial charge on any atom is 0.320 e. The summed E-state index contributed by atoms with van der Waals surface area (Å²) in [6.07, 6.45) is 1.33. The number of primary amides is 1. The number of thioether (sulfide) groups is 1. The molecule has 0 saturated heterocycles. The van der Waals surface area contributed by atoms with E-state index in [-0.39, 0.29) is 11.6 Å². The maximum absolute atomic E-state index is 10.4. The summed E-state index contributed by atoms with van der Waals surface area (Å²) in [6.45, 7) is 0.0321. The van der Waals surface area contributed by atoms with E-state index in [9.17, 15) is 14.9 Å². The first-order valence-electron chi connectivity index (χ1n) is 3.11. The number of nitrogens with two attached hydrogens (primary N) is 1. The van der Waals surface area contributed by atoms with Gasteiger partial charge in [-0.3, -0.25) is 14.9 Å². The van der Waals surface area contributed by atoms with Gasteiger partial charge < -0.3 is 10.6 Å². The van der Waals surface area contributed by atoms with E-state index in [0.29, 0.717) is 5.88 Å². The Balaban J connectivity index is 2.53. The average molecular weight is 189 g/mol. The lowest BCUT2D eigenvalue weighted by Gasteiger charge is -2.08. The van der Waals surface area contributed by atoms with Gasteiger partial charge in [-0.15, -0.1) is 0 Å². The highest BCUT2D eigenvalue weighted by Crippen LogP contribution is 2.24. The van der Waals surface area contributed by atoms with E-state index in [1.807, 2.05) is 0 Å². The molecule has 2 N–H and O–H groups in total. The zero-order valence-electron chi connectivity index (χ0n) is 6.10. The topological polar surface area (TPSA) is 89.5 Å². The normalized spacial score (nSPS) is 16.0. The van der Waals surface area contributed by atoms with Crippen LogP contribution in [0, 0.1) is 10.1 Å². The Morgan fingerprint density at radius 1 is 1.92 bits per heavy atom. The molecule has 0 aliphatic carbocycles. The van der Waals surface area contributed by atoms with Crippen LogP contribution < -0.4 is 5.73 Å². The molecule has 0 atom stereocenters. The molecule has 0 aromatic heterocycles. The SMILES string of the molecule is NC(=O)CN1C=C([N+](=O)[O-])SC1. The molecule has 1 aliphatic rings. The molecule has 0 unspecified atom stereocenters. The zero-order chi connectivity index (χ0) is 9.14. The summed E-state index contributed by atoms with van der Waals surface area (Å²) in [5, 5.41) is 10.3. The third-order valence-corrected chi connectivity index (χ3v) is 2.22. The van der Waals surface area contributed by atoms with Crippen molar-refractivity contribution >= 4 is 17.7 Å². The van der Waals surface area contributed by atoms with Gasteiger partial charge in [0, 0.05) is 0 Å². The van der Waals surface area contributed by atoms with Crippen LogP contribution in [0.1, 0.15) is 0 Å². The summed E-state index contributed by atoms with van der Waals surface area (Å²) in [7, 11) is 0. The number of hydrogen-bond donors (Lipinski definition) is 1. The highest BCUT2D eigenvalue weighted by Gasteiger charge is 2.22. The van der Waals surface area contributed by atoms with Crippen LogP contribution in [-0.4, -0.2) is 28.2 Å². The van der Waals surface area contributed by atoms with Crippen LogP contribution in [0.5, 0.6) is 0 Å². The molecule has 1 amide bonds. The van der Waals surface area contributed by atoms with Crippen molar-refractivity contribution in [3.05, 3.63) is 21.3 Å². The van der Waals surface area contributed by atoms with Gasteiger partial charge in [0.25, 0.3) is 0 Å². The summed E-state index contributed by atoms with van der Waals surface area (Å²) in [5.41, 5.74) is 4.90. The van der Waals surface area contributed by atoms with Crippen molar-refractivity contribution < 1.29 is 9.72 Å². The summed E-state index contributed by atoms with van der Waals surface area (Å²) < 4.78 is 0. The monoisotopic (exact) mass is 189 g/mol. The quantitative estimate of drug-likeness (QED) is 0.480. The smallest absolute Gasteiger partial charge is 0.320 e. The van der Waals surface area contributed by atoms with E-state index >= 15 is 0 Å². The van der Waals surface area contributed by atoms with Gasteiger partial charge in [-0.2, -0.15) is 0 Å². The summed E-state index contributed by atoms with van der Waals surface area (Å²) in [4.78, 5) is 21.6. The first-order chi connectivity index (χ1) is 5.59. The maximum atomic E-state index is 10.4. The molecule has 0 aromatic carbocycles. The van der Waals surface area contributed by atoms with Crippen molar-refractivity contribution in [2.24, 2.45) is 5.73 Å². The Hall–Kier alpha value is -1.24. The number of nitro groups is 1. The lowest BCUT2D eigenvalue weighted by Crippen LogP contribution is -2.28. The van der Waals surface area contributed by atoms with Gasteiger partial charge in [-0.25, -0.2) is 0 Å². The molecule has 0 radical (unpaired) electrons. The minimum Gasteiger partial charge on any atom is -0.368 e. The minimum atomic E-state index is -0.489. The number of carbonyl (C=O) groups excluding carboxylic acids is 1. The molecular weight excluding hydrogens is 182 g/mol. The number of nitrogens with zero attached hydrogens (tertiary/aromatic N) is 2. The van der Waals surface area contributed by atoms with Crippen molar-refractivity contribution in [2.75, 3.05) is 12.4 Å². The largest absolute Gasteiger partial charge is 0.368 e. The van der Waals surface area contributed by atoms with Crippen molar-refractivity contribution in [3.8, 4) is 0 Å². The van der Waals surface area contributed by atoms with E-state index in [2.05, 4.69) is 0 Å². The summed E-state index contributed by atoms with van der Waals surface area (Å²) in [5.74, 6) is -0.0735. The van der Waals surface area contributed by atoms with E-state index in [0.717, 1.165) is 11.8 Å². The summed E-state index contributed by atoms with van der Waals surface area (Å²) >= 11 is 1.08. The van der Waals surface area contributed by atoms with Crippen LogP contribution in [0.15, 0.2) is 11.2 Å². The van der Waals surface area contributed by atoms with Crippen LogP contribution in [0.3, 0.4) is 0 Å². The van der Waals surface area contributed by atoms with E-state index in [1.165, 1.54) is 11.1 Å². The van der Waals surface area contributed by atoms with Crippen molar-refractivity contribution in [1.82, 2.24) is 4.90 Å². The highest BCUT2D eigenvalue weighted by atomic mass is 32.2. The van der Waals surface area contributed by atoms with Gasteiger partial charge in [0.05, 0.1) is 23.5 Å². The molecule has 6 nitrogen and oxygen atoms in total. The van der Waals surface area contributed by atoms with E-state index < -0.39 is 10.8 Å². The van der Waals surface area contributed by atoms with Crippen LogP contribution in [0.4, 0.5) is 0 Å². The number of rotatable bonds is 3. The number of hydrogen-bond acceptors (Lipinski definition) is 5. The fourth-order valence-electron chi connectivity index (χ4n) is 0.771. The van der Waals surface area contributed by atoms with Crippen molar-refractivity contribution in [2.45, 2.75) is 0 Å².